The Morgan fingerprint density at radius 3 is 2.21 bits per heavy atom. The zero-order valence-corrected chi connectivity index (χ0v) is 10.9. The van der Waals surface area contributed by atoms with Gasteiger partial charge in [-0.2, -0.15) is 0 Å². The normalized spacial score (nSPS) is 13.9. The van der Waals surface area contributed by atoms with Crippen LogP contribution in [0.3, 0.4) is 0 Å². The van der Waals surface area contributed by atoms with Gasteiger partial charge in [-0.15, -0.1) is 0 Å². The van der Waals surface area contributed by atoms with Crippen molar-refractivity contribution < 1.29 is 4.21 Å². The molecule has 0 saturated carbocycles. The van der Waals surface area contributed by atoms with Crippen LogP contribution < -0.4 is 0 Å². The first-order valence-electron chi connectivity index (χ1n) is 4.92. The van der Waals surface area contributed by atoms with Gasteiger partial charge in [0.05, 0.1) is 10.8 Å². The Bertz CT molecular complexity index is 303. The second-order valence-electron chi connectivity index (χ2n) is 4.67. The molecule has 0 saturated heterocycles. The summed E-state index contributed by atoms with van der Waals surface area (Å²) in [6.45, 7) is 6.94. The average molecular weight is 226 g/mol. The minimum atomic E-state index is -1.05. The molecule has 14 heavy (non-hydrogen) atoms. The molecule has 0 radical (unpaired) electrons. The van der Waals surface area contributed by atoms with E-state index in [2.05, 4.69) is 19.6 Å². The van der Waals surface area contributed by atoms with Crippen molar-refractivity contribution in [3.05, 3.63) is 30.3 Å². The lowest BCUT2D eigenvalue weighted by atomic mass is 10.4. The van der Waals surface area contributed by atoms with Crippen molar-refractivity contribution in [3.8, 4) is 0 Å². The van der Waals surface area contributed by atoms with Crippen LogP contribution in [0.1, 0.15) is 0 Å². The summed E-state index contributed by atoms with van der Waals surface area (Å²) in [5.41, 5.74) is 0. The van der Waals surface area contributed by atoms with E-state index in [0.29, 0.717) is 0 Å². The molecule has 0 amide bonds. The monoisotopic (exact) mass is 226 g/mol. The zero-order chi connectivity index (χ0) is 10.6. The highest BCUT2D eigenvalue weighted by Gasteiger charge is 2.14. The molecule has 0 aliphatic carbocycles. The van der Waals surface area contributed by atoms with E-state index in [9.17, 15) is 4.21 Å². The molecule has 1 aromatic carbocycles. The molecular formula is C11H18OSSi. The molecule has 3 heteroatoms. The van der Waals surface area contributed by atoms with Crippen LogP contribution in [0.15, 0.2) is 35.2 Å². The number of benzene rings is 1. The summed E-state index contributed by atoms with van der Waals surface area (Å²) in [6, 6.07) is 10.9. The van der Waals surface area contributed by atoms with Crippen molar-refractivity contribution in [3.63, 3.8) is 0 Å². The summed E-state index contributed by atoms with van der Waals surface area (Å²) in [7, 11) is -1.84. The minimum absolute atomic E-state index is 0.795. The first-order chi connectivity index (χ1) is 6.49. The molecule has 0 spiro atoms. The molecule has 0 aliphatic rings. The van der Waals surface area contributed by atoms with Crippen molar-refractivity contribution in [1.82, 2.24) is 0 Å². The van der Waals surface area contributed by atoms with E-state index in [0.717, 1.165) is 16.7 Å². The van der Waals surface area contributed by atoms with Crippen LogP contribution in [0.25, 0.3) is 0 Å². The van der Waals surface area contributed by atoms with Crippen molar-refractivity contribution in [1.29, 1.82) is 0 Å². The van der Waals surface area contributed by atoms with Crippen LogP contribution in [0.2, 0.25) is 25.7 Å². The van der Waals surface area contributed by atoms with Gasteiger partial charge in [-0.3, -0.25) is 4.21 Å². The van der Waals surface area contributed by atoms with Crippen LogP contribution >= 0.6 is 0 Å². The molecule has 0 N–H and O–H groups in total. The van der Waals surface area contributed by atoms with Gasteiger partial charge >= 0.3 is 0 Å². The van der Waals surface area contributed by atoms with Crippen molar-refractivity contribution in [2.24, 2.45) is 0 Å². The Balaban J connectivity index is 2.52. The Labute approximate surface area is 90.0 Å². The number of rotatable bonds is 4. The lowest BCUT2D eigenvalue weighted by Gasteiger charge is -2.14. The van der Waals surface area contributed by atoms with Gasteiger partial charge in [0.2, 0.25) is 0 Å². The fourth-order valence-electron chi connectivity index (χ4n) is 1.09. The van der Waals surface area contributed by atoms with Crippen molar-refractivity contribution in [2.45, 2.75) is 30.6 Å². The standard InChI is InChI=1S/C11H18OSSi/c1-14(2,3)10-9-13(12)11-7-5-4-6-8-11/h4-8H,9-10H2,1-3H3. The highest BCUT2D eigenvalue weighted by molar-refractivity contribution is 7.85. The molecule has 78 valence electrons. The summed E-state index contributed by atoms with van der Waals surface area (Å²) in [4.78, 5) is 0.964. The molecule has 1 rings (SSSR count). The van der Waals surface area contributed by atoms with Crippen LogP contribution in [-0.2, 0) is 10.8 Å². The third kappa shape index (κ3) is 4.20. The van der Waals surface area contributed by atoms with E-state index in [1.807, 2.05) is 30.3 Å². The highest BCUT2D eigenvalue weighted by atomic mass is 32.2. The lowest BCUT2D eigenvalue weighted by Crippen LogP contribution is -2.22. The Morgan fingerprint density at radius 1 is 1.14 bits per heavy atom. The van der Waals surface area contributed by atoms with E-state index < -0.39 is 18.9 Å². The van der Waals surface area contributed by atoms with E-state index in [1.165, 1.54) is 0 Å². The van der Waals surface area contributed by atoms with Crippen LogP contribution in [-0.4, -0.2) is 18.0 Å². The molecule has 1 nitrogen and oxygen atoms in total. The molecule has 0 aromatic heterocycles. The number of hydrogen-bond acceptors (Lipinski definition) is 1. The maximum absolute atomic E-state index is 11.8. The van der Waals surface area contributed by atoms with Gasteiger partial charge < -0.3 is 0 Å². The molecule has 1 unspecified atom stereocenters. The third-order valence-corrected chi connectivity index (χ3v) is 5.53. The maximum Gasteiger partial charge on any atom is 0.0526 e. The summed E-state index contributed by atoms with van der Waals surface area (Å²) in [6.07, 6.45) is 0. The molecular weight excluding hydrogens is 208 g/mol. The van der Waals surface area contributed by atoms with Crippen molar-refractivity contribution >= 4 is 18.9 Å². The Morgan fingerprint density at radius 2 is 1.71 bits per heavy atom. The first-order valence-corrected chi connectivity index (χ1v) is 9.95. The van der Waals surface area contributed by atoms with E-state index in [-0.39, 0.29) is 0 Å². The smallest absolute Gasteiger partial charge is 0.0526 e. The molecule has 0 heterocycles. The molecule has 1 atom stereocenters. The fraction of sp³-hybridized carbons (Fsp3) is 0.455. The summed E-state index contributed by atoms with van der Waals surface area (Å²) < 4.78 is 11.8. The van der Waals surface area contributed by atoms with Gasteiger partial charge in [0.15, 0.2) is 0 Å². The van der Waals surface area contributed by atoms with Crippen LogP contribution in [0.4, 0.5) is 0 Å². The summed E-state index contributed by atoms with van der Waals surface area (Å²) in [5, 5.41) is 0. The van der Waals surface area contributed by atoms with Gasteiger partial charge in [0, 0.05) is 18.7 Å². The minimum Gasteiger partial charge on any atom is -0.254 e. The van der Waals surface area contributed by atoms with E-state index in [4.69, 9.17) is 0 Å². The Hall–Kier alpha value is -0.413. The second-order valence-corrected chi connectivity index (χ2v) is 11.9. The van der Waals surface area contributed by atoms with Crippen LogP contribution in [0.5, 0.6) is 0 Å². The third-order valence-electron chi connectivity index (χ3n) is 2.04. The van der Waals surface area contributed by atoms with E-state index in [1.54, 1.807) is 0 Å². The topological polar surface area (TPSA) is 17.1 Å². The highest BCUT2D eigenvalue weighted by Crippen LogP contribution is 2.13. The fourth-order valence-corrected chi connectivity index (χ4v) is 4.98. The summed E-state index contributed by atoms with van der Waals surface area (Å²) in [5.74, 6) is 0.819. The van der Waals surface area contributed by atoms with Crippen LogP contribution in [0, 0.1) is 0 Å². The van der Waals surface area contributed by atoms with Gasteiger partial charge in [-0.1, -0.05) is 37.8 Å². The molecule has 0 fully saturated rings. The quantitative estimate of drug-likeness (QED) is 0.721. The van der Waals surface area contributed by atoms with Gasteiger partial charge in [0.1, 0.15) is 0 Å². The molecule has 0 aliphatic heterocycles. The average Bonchev–Trinajstić information content (AvgIpc) is 2.14. The predicted octanol–water partition coefficient (Wildman–Crippen LogP) is 3.13. The Kier molecular flexibility index (Phi) is 4.07. The molecule has 0 bridgehead atoms. The number of hydrogen-bond donors (Lipinski definition) is 0. The van der Waals surface area contributed by atoms with Gasteiger partial charge in [0.25, 0.3) is 0 Å². The SMILES string of the molecule is C[Si](C)(C)CCS(=O)c1ccccc1. The maximum atomic E-state index is 11.8. The lowest BCUT2D eigenvalue weighted by molar-refractivity contribution is 0.683. The second kappa shape index (κ2) is 4.89. The van der Waals surface area contributed by atoms with Gasteiger partial charge in [-0.05, 0) is 18.2 Å². The first kappa shape index (κ1) is 11.7. The van der Waals surface area contributed by atoms with Gasteiger partial charge in [-0.25, -0.2) is 0 Å². The van der Waals surface area contributed by atoms with Crippen molar-refractivity contribution in [2.75, 3.05) is 5.75 Å². The zero-order valence-electron chi connectivity index (χ0n) is 9.12. The predicted molar refractivity (Wildman–Crippen MR) is 65.9 cm³/mol. The molecule has 1 aromatic rings. The largest absolute Gasteiger partial charge is 0.254 e. The van der Waals surface area contributed by atoms with E-state index >= 15 is 0 Å². The summed E-state index contributed by atoms with van der Waals surface area (Å²) >= 11 is 0.